The predicted octanol–water partition coefficient (Wildman–Crippen LogP) is 2.72. The Labute approximate surface area is 110 Å². The van der Waals surface area contributed by atoms with Gasteiger partial charge in [0.1, 0.15) is 0 Å². The Morgan fingerprint density at radius 3 is 2.78 bits per heavy atom. The fourth-order valence-corrected chi connectivity index (χ4v) is 2.46. The SMILES string of the molecule is Cc1ccc(N)cc1NCCN1CCC(C)CC1. The number of hydrogen-bond acceptors (Lipinski definition) is 3. The van der Waals surface area contributed by atoms with Crippen LogP contribution in [0.2, 0.25) is 0 Å². The van der Waals surface area contributed by atoms with Crippen molar-refractivity contribution in [1.29, 1.82) is 0 Å². The van der Waals surface area contributed by atoms with Gasteiger partial charge in [-0.1, -0.05) is 13.0 Å². The number of nitrogens with two attached hydrogens (primary N) is 1. The van der Waals surface area contributed by atoms with E-state index in [0.29, 0.717) is 0 Å². The molecular weight excluding hydrogens is 222 g/mol. The molecule has 3 N–H and O–H groups in total. The molecule has 0 saturated carbocycles. The molecule has 0 atom stereocenters. The number of rotatable bonds is 4. The maximum absolute atomic E-state index is 5.81. The Morgan fingerprint density at radius 2 is 2.06 bits per heavy atom. The largest absolute Gasteiger partial charge is 0.399 e. The van der Waals surface area contributed by atoms with Gasteiger partial charge in [0, 0.05) is 24.5 Å². The lowest BCUT2D eigenvalue weighted by Gasteiger charge is -2.30. The van der Waals surface area contributed by atoms with Gasteiger partial charge in [0.25, 0.3) is 0 Å². The number of hydrogen-bond donors (Lipinski definition) is 2. The quantitative estimate of drug-likeness (QED) is 0.804. The summed E-state index contributed by atoms with van der Waals surface area (Å²) < 4.78 is 0. The normalized spacial score (nSPS) is 17.9. The lowest BCUT2D eigenvalue weighted by molar-refractivity contribution is 0.199. The van der Waals surface area contributed by atoms with E-state index in [-0.39, 0.29) is 0 Å². The molecule has 1 fully saturated rings. The van der Waals surface area contributed by atoms with Crippen LogP contribution in [0.3, 0.4) is 0 Å². The Bertz CT molecular complexity index is 381. The third-order valence-corrected chi connectivity index (χ3v) is 3.88. The predicted molar refractivity (Wildman–Crippen MR) is 78.9 cm³/mol. The van der Waals surface area contributed by atoms with Crippen LogP contribution in [0, 0.1) is 12.8 Å². The molecule has 3 nitrogen and oxygen atoms in total. The third-order valence-electron chi connectivity index (χ3n) is 3.88. The molecule has 0 aliphatic carbocycles. The lowest BCUT2D eigenvalue weighted by atomic mass is 9.99. The van der Waals surface area contributed by atoms with Gasteiger partial charge in [-0.3, -0.25) is 0 Å². The molecule has 0 amide bonds. The van der Waals surface area contributed by atoms with E-state index in [4.69, 9.17) is 5.73 Å². The van der Waals surface area contributed by atoms with Crippen LogP contribution in [0.5, 0.6) is 0 Å². The summed E-state index contributed by atoms with van der Waals surface area (Å²) in [4.78, 5) is 2.55. The first-order valence-electron chi connectivity index (χ1n) is 6.97. The zero-order chi connectivity index (χ0) is 13.0. The van der Waals surface area contributed by atoms with Crippen molar-refractivity contribution < 1.29 is 0 Å². The molecule has 0 bridgehead atoms. The van der Waals surface area contributed by atoms with Crippen LogP contribution < -0.4 is 11.1 Å². The molecule has 0 aromatic heterocycles. The highest BCUT2D eigenvalue weighted by Gasteiger charge is 2.14. The zero-order valence-corrected chi connectivity index (χ0v) is 11.6. The summed E-state index contributed by atoms with van der Waals surface area (Å²) in [6, 6.07) is 6.04. The van der Waals surface area contributed by atoms with Gasteiger partial charge in [0.05, 0.1) is 0 Å². The van der Waals surface area contributed by atoms with Crippen LogP contribution in [0.15, 0.2) is 18.2 Å². The molecule has 1 aliphatic heterocycles. The van der Waals surface area contributed by atoms with Crippen LogP contribution in [0.4, 0.5) is 11.4 Å². The first kappa shape index (κ1) is 13.2. The van der Waals surface area contributed by atoms with Gasteiger partial charge in [-0.15, -0.1) is 0 Å². The molecule has 1 aromatic rings. The highest BCUT2D eigenvalue weighted by molar-refractivity contribution is 5.59. The van der Waals surface area contributed by atoms with Crippen LogP contribution >= 0.6 is 0 Å². The molecule has 1 aliphatic rings. The van der Waals surface area contributed by atoms with Gasteiger partial charge in [0.2, 0.25) is 0 Å². The summed E-state index contributed by atoms with van der Waals surface area (Å²) in [5.41, 5.74) is 9.06. The van der Waals surface area contributed by atoms with Crippen molar-refractivity contribution in [3.8, 4) is 0 Å². The highest BCUT2D eigenvalue weighted by atomic mass is 15.1. The molecule has 0 radical (unpaired) electrons. The van der Waals surface area contributed by atoms with Gasteiger partial charge >= 0.3 is 0 Å². The maximum atomic E-state index is 5.81. The molecule has 100 valence electrons. The molecule has 0 spiro atoms. The Morgan fingerprint density at radius 1 is 1.33 bits per heavy atom. The van der Waals surface area contributed by atoms with E-state index in [0.717, 1.165) is 24.7 Å². The summed E-state index contributed by atoms with van der Waals surface area (Å²) in [6.45, 7) is 9.09. The Kier molecular flexibility index (Phi) is 4.48. The lowest BCUT2D eigenvalue weighted by Crippen LogP contribution is -2.36. The first-order valence-corrected chi connectivity index (χ1v) is 6.97. The van der Waals surface area contributed by atoms with Gasteiger partial charge in [-0.25, -0.2) is 0 Å². The van der Waals surface area contributed by atoms with Gasteiger partial charge in [0.15, 0.2) is 0 Å². The minimum atomic E-state index is 0.829. The minimum Gasteiger partial charge on any atom is -0.399 e. The van der Waals surface area contributed by atoms with Crippen LogP contribution in [0.25, 0.3) is 0 Å². The summed E-state index contributed by atoms with van der Waals surface area (Å²) in [6.07, 6.45) is 2.69. The van der Waals surface area contributed by atoms with E-state index < -0.39 is 0 Å². The second-order valence-corrected chi connectivity index (χ2v) is 5.53. The van der Waals surface area contributed by atoms with Gasteiger partial charge < -0.3 is 16.0 Å². The molecule has 3 heteroatoms. The van der Waals surface area contributed by atoms with E-state index in [1.54, 1.807) is 0 Å². The van der Waals surface area contributed by atoms with Gasteiger partial charge in [-0.2, -0.15) is 0 Å². The summed E-state index contributed by atoms with van der Waals surface area (Å²) >= 11 is 0. The number of nitrogen functional groups attached to an aromatic ring is 1. The van der Waals surface area contributed by atoms with E-state index in [1.165, 1.54) is 37.2 Å². The molecular formula is C15H25N3. The maximum Gasteiger partial charge on any atom is 0.0390 e. The monoisotopic (exact) mass is 247 g/mol. The second kappa shape index (κ2) is 6.10. The van der Waals surface area contributed by atoms with Crippen LogP contribution in [-0.4, -0.2) is 31.1 Å². The van der Waals surface area contributed by atoms with E-state index in [2.05, 4.69) is 30.1 Å². The van der Waals surface area contributed by atoms with E-state index in [9.17, 15) is 0 Å². The number of nitrogens with zero attached hydrogens (tertiary/aromatic N) is 1. The smallest absolute Gasteiger partial charge is 0.0390 e. The molecule has 2 rings (SSSR count). The average Bonchev–Trinajstić information content (AvgIpc) is 2.36. The van der Waals surface area contributed by atoms with Crippen LogP contribution in [-0.2, 0) is 0 Å². The number of piperidine rings is 1. The minimum absolute atomic E-state index is 0.829. The summed E-state index contributed by atoms with van der Waals surface area (Å²) in [5.74, 6) is 0.908. The van der Waals surface area contributed by atoms with Crippen molar-refractivity contribution >= 4 is 11.4 Å². The number of anilines is 2. The summed E-state index contributed by atoms with van der Waals surface area (Å²) in [7, 11) is 0. The van der Waals surface area contributed by atoms with Crippen molar-refractivity contribution in [2.45, 2.75) is 26.7 Å². The number of aryl methyl sites for hydroxylation is 1. The average molecular weight is 247 g/mol. The third kappa shape index (κ3) is 3.64. The van der Waals surface area contributed by atoms with Crippen molar-refractivity contribution in [2.24, 2.45) is 5.92 Å². The topological polar surface area (TPSA) is 41.3 Å². The van der Waals surface area contributed by atoms with Crippen LogP contribution in [0.1, 0.15) is 25.3 Å². The molecule has 0 unspecified atom stereocenters. The van der Waals surface area contributed by atoms with E-state index in [1.807, 2.05) is 12.1 Å². The molecule has 1 saturated heterocycles. The Hall–Kier alpha value is -1.22. The highest BCUT2D eigenvalue weighted by Crippen LogP contribution is 2.18. The Balaban J connectivity index is 1.76. The van der Waals surface area contributed by atoms with Gasteiger partial charge in [-0.05, 0) is 56.5 Å². The van der Waals surface area contributed by atoms with Crippen molar-refractivity contribution in [2.75, 3.05) is 37.2 Å². The molecule has 1 aromatic carbocycles. The number of likely N-dealkylation sites (tertiary alicyclic amines) is 1. The molecule has 1 heterocycles. The molecule has 18 heavy (non-hydrogen) atoms. The van der Waals surface area contributed by atoms with Crippen molar-refractivity contribution in [1.82, 2.24) is 4.90 Å². The van der Waals surface area contributed by atoms with E-state index >= 15 is 0 Å². The number of nitrogens with one attached hydrogen (secondary N) is 1. The fraction of sp³-hybridized carbons (Fsp3) is 0.600. The standard InChI is InChI=1S/C15H25N3/c1-12-5-8-18(9-6-12)10-7-17-15-11-14(16)4-3-13(15)2/h3-4,11-12,17H,5-10,16H2,1-2H3. The van der Waals surface area contributed by atoms with Crippen molar-refractivity contribution in [3.05, 3.63) is 23.8 Å². The number of benzene rings is 1. The second-order valence-electron chi connectivity index (χ2n) is 5.53. The summed E-state index contributed by atoms with van der Waals surface area (Å²) in [5, 5.41) is 3.49. The fourth-order valence-electron chi connectivity index (χ4n) is 2.46. The zero-order valence-electron chi connectivity index (χ0n) is 11.6. The van der Waals surface area contributed by atoms with Crippen molar-refractivity contribution in [3.63, 3.8) is 0 Å². The first-order chi connectivity index (χ1) is 8.65.